The van der Waals surface area contributed by atoms with Crippen LogP contribution in [0.5, 0.6) is 0 Å². The van der Waals surface area contributed by atoms with Crippen LogP contribution >= 0.6 is 23.2 Å². The molecule has 5 nitrogen and oxygen atoms in total. The van der Waals surface area contributed by atoms with Gasteiger partial charge in [-0.05, 0) is 29.3 Å². The topological polar surface area (TPSA) is 65.7 Å². The summed E-state index contributed by atoms with van der Waals surface area (Å²) >= 11 is 11.6. The molecule has 2 rings (SSSR count). The Kier molecular flexibility index (Phi) is 4.15. The Labute approximate surface area is 120 Å². The molecule has 0 saturated heterocycles. The molecule has 96 valence electrons. The minimum Gasteiger partial charge on any atom is -0.353 e. The second-order valence-electron chi connectivity index (χ2n) is 3.86. The number of anilines is 1. The van der Waals surface area contributed by atoms with Crippen molar-refractivity contribution in [1.29, 1.82) is 5.26 Å². The van der Waals surface area contributed by atoms with Gasteiger partial charge in [-0.25, -0.2) is 0 Å². The highest BCUT2D eigenvalue weighted by atomic mass is 35.5. The van der Waals surface area contributed by atoms with Crippen molar-refractivity contribution >= 4 is 29.0 Å². The van der Waals surface area contributed by atoms with Crippen molar-refractivity contribution in [2.75, 3.05) is 11.9 Å². The summed E-state index contributed by atoms with van der Waals surface area (Å²) in [5, 5.41) is 16.3. The molecule has 2 aromatic rings. The van der Waals surface area contributed by atoms with Gasteiger partial charge in [0, 0.05) is 13.6 Å². The van der Waals surface area contributed by atoms with E-state index in [0.29, 0.717) is 17.9 Å². The lowest BCUT2D eigenvalue weighted by molar-refractivity contribution is 0.862. The highest BCUT2D eigenvalue weighted by Crippen LogP contribution is 2.22. The number of aromatic nitrogens is 3. The van der Waals surface area contributed by atoms with Crippen LogP contribution in [0.4, 0.5) is 5.82 Å². The van der Waals surface area contributed by atoms with Crippen molar-refractivity contribution in [2.24, 2.45) is 0 Å². The zero-order valence-corrected chi connectivity index (χ0v) is 11.5. The molecular formula is C12H9Cl2N5. The minimum atomic E-state index is 0.0389. The van der Waals surface area contributed by atoms with Crippen LogP contribution in [-0.4, -0.2) is 22.2 Å². The average molecular weight is 294 g/mol. The zero-order valence-electron chi connectivity index (χ0n) is 10.0. The molecule has 1 aromatic heterocycles. The second kappa shape index (κ2) is 5.83. The van der Waals surface area contributed by atoms with E-state index in [2.05, 4.69) is 21.3 Å². The molecule has 1 aromatic carbocycles. The molecule has 0 spiro atoms. The lowest BCUT2D eigenvalue weighted by Gasteiger charge is -2.18. The third-order valence-electron chi connectivity index (χ3n) is 2.44. The van der Waals surface area contributed by atoms with E-state index in [-0.39, 0.29) is 10.4 Å². The number of hydrogen-bond donors (Lipinski definition) is 0. The fourth-order valence-electron chi connectivity index (χ4n) is 1.62. The fraction of sp³-hybridized carbons (Fsp3) is 0.167. The average Bonchev–Trinajstić information content (AvgIpc) is 2.41. The first-order chi connectivity index (χ1) is 9.10. The van der Waals surface area contributed by atoms with Crippen molar-refractivity contribution in [2.45, 2.75) is 6.54 Å². The molecule has 0 aliphatic carbocycles. The first-order valence-electron chi connectivity index (χ1n) is 5.36. The van der Waals surface area contributed by atoms with Gasteiger partial charge in [-0.15, -0.1) is 10.2 Å². The van der Waals surface area contributed by atoms with Crippen molar-refractivity contribution in [1.82, 2.24) is 15.2 Å². The van der Waals surface area contributed by atoms with E-state index in [0.717, 1.165) is 5.56 Å². The maximum Gasteiger partial charge on any atom is 0.245 e. The maximum atomic E-state index is 8.86. The molecule has 0 N–H and O–H groups in total. The van der Waals surface area contributed by atoms with E-state index in [1.165, 1.54) is 0 Å². The Morgan fingerprint density at radius 1 is 1.32 bits per heavy atom. The van der Waals surface area contributed by atoms with Crippen LogP contribution in [0.1, 0.15) is 11.1 Å². The number of rotatable bonds is 3. The van der Waals surface area contributed by atoms with Crippen LogP contribution in [0.15, 0.2) is 24.3 Å². The highest BCUT2D eigenvalue weighted by Gasteiger charge is 2.11. The predicted molar refractivity (Wildman–Crippen MR) is 73.1 cm³/mol. The SMILES string of the molecule is CN(Cc1cccc(C#N)c1)c1nc(Cl)nnc1Cl. The van der Waals surface area contributed by atoms with E-state index in [1.54, 1.807) is 17.0 Å². The molecule has 0 radical (unpaired) electrons. The van der Waals surface area contributed by atoms with Crippen LogP contribution in [0.2, 0.25) is 10.4 Å². The Balaban J connectivity index is 2.23. The number of halogens is 2. The molecule has 0 aliphatic rings. The van der Waals surface area contributed by atoms with Crippen molar-refractivity contribution in [3.05, 3.63) is 45.8 Å². The zero-order chi connectivity index (χ0) is 13.8. The normalized spacial score (nSPS) is 10.0. The molecular weight excluding hydrogens is 285 g/mol. The van der Waals surface area contributed by atoms with Crippen molar-refractivity contribution in [3.63, 3.8) is 0 Å². The summed E-state index contributed by atoms with van der Waals surface area (Å²) in [7, 11) is 1.81. The lowest BCUT2D eigenvalue weighted by atomic mass is 10.1. The van der Waals surface area contributed by atoms with Gasteiger partial charge in [-0.3, -0.25) is 0 Å². The van der Waals surface area contributed by atoms with Gasteiger partial charge in [-0.1, -0.05) is 23.7 Å². The van der Waals surface area contributed by atoms with Gasteiger partial charge in [0.2, 0.25) is 5.28 Å². The Hall–Kier alpha value is -1.90. The fourth-order valence-corrected chi connectivity index (χ4v) is 1.96. The van der Waals surface area contributed by atoms with Crippen LogP contribution in [0.25, 0.3) is 0 Å². The molecule has 0 amide bonds. The molecule has 0 unspecified atom stereocenters. The molecule has 7 heteroatoms. The number of hydrogen-bond acceptors (Lipinski definition) is 5. The molecule has 0 aliphatic heterocycles. The van der Waals surface area contributed by atoms with Crippen molar-refractivity contribution < 1.29 is 0 Å². The summed E-state index contributed by atoms with van der Waals surface area (Å²) in [5.41, 5.74) is 1.57. The summed E-state index contributed by atoms with van der Waals surface area (Å²) in [5.74, 6) is 0.448. The summed E-state index contributed by atoms with van der Waals surface area (Å²) in [6.45, 7) is 0.532. The summed E-state index contributed by atoms with van der Waals surface area (Å²) in [6.07, 6.45) is 0. The molecule has 0 fully saturated rings. The standard InChI is InChI=1S/C12H9Cl2N5/c1-19(11-10(13)17-18-12(14)16-11)7-9-4-2-3-8(5-9)6-15/h2-5H,7H2,1H3. The van der Waals surface area contributed by atoms with Gasteiger partial charge in [0.15, 0.2) is 11.0 Å². The predicted octanol–water partition coefficient (Wildman–Crippen LogP) is 2.69. The van der Waals surface area contributed by atoms with E-state index in [4.69, 9.17) is 28.5 Å². The van der Waals surface area contributed by atoms with E-state index in [1.807, 2.05) is 19.2 Å². The van der Waals surface area contributed by atoms with Crippen LogP contribution in [0, 0.1) is 11.3 Å². The Bertz CT molecular complexity index is 638. The summed E-state index contributed by atoms with van der Waals surface area (Å²) < 4.78 is 0. The highest BCUT2D eigenvalue weighted by molar-refractivity contribution is 6.32. The van der Waals surface area contributed by atoms with E-state index in [9.17, 15) is 0 Å². The third kappa shape index (κ3) is 3.31. The largest absolute Gasteiger partial charge is 0.353 e. The van der Waals surface area contributed by atoms with Crippen LogP contribution in [0.3, 0.4) is 0 Å². The molecule has 0 bridgehead atoms. The third-order valence-corrected chi connectivity index (χ3v) is 2.85. The number of nitrogens with zero attached hydrogens (tertiary/aromatic N) is 5. The summed E-state index contributed by atoms with van der Waals surface area (Å²) in [6, 6.07) is 9.40. The minimum absolute atomic E-state index is 0.0389. The van der Waals surface area contributed by atoms with Gasteiger partial charge in [0.05, 0.1) is 11.6 Å². The van der Waals surface area contributed by atoms with Crippen molar-refractivity contribution in [3.8, 4) is 6.07 Å². The lowest BCUT2D eigenvalue weighted by Crippen LogP contribution is -2.19. The van der Waals surface area contributed by atoms with Gasteiger partial charge in [0.1, 0.15) is 0 Å². The molecule has 0 saturated carbocycles. The Morgan fingerprint density at radius 3 is 2.84 bits per heavy atom. The van der Waals surface area contributed by atoms with E-state index < -0.39 is 0 Å². The second-order valence-corrected chi connectivity index (χ2v) is 4.56. The van der Waals surface area contributed by atoms with Gasteiger partial charge in [0.25, 0.3) is 0 Å². The van der Waals surface area contributed by atoms with Gasteiger partial charge < -0.3 is 4.90 Å². The molecule has 1 heterocycles. The van der Waals surface area contributed by atoms with Gasteiger partial charge in [-0.2, -0.15) is 10.2 Å². The van der Waals surface area contributed by atoms with Crippen LogP contribution < -0.4 is 4.90 Å². The smallest absolute Gasteiger partial charge is 0.245 e. The summed E-state index contributed by atoms with van der Waals surface area (Å²) in [4.78, 5) is 5.82. The number of benzene rings is 1. The monoisotopic (exact) mass is 293 g/mol. The maximum absolute atomic E-state index is 8.86. The van der Waals surface area contributed by atoms with E-state index >= 15 is 0 Å². The van der Waals surface area contributed by atoms with Crippen LogP contribution in [-0.2, 0) is 6.54 Å². The first kappa shape index (κ1) is 13.5. The number of nitriles is 1. The first-order valence-corrected chi connectivity index (χ1v) is 6.11. The quantitative estimate of drug-likeness (QED) is 0.870. The molecule has 0 atom stereocenters. The Morgan fingerprint density at radius 2 is 2.11 bits per heavy atom. The molecule has 19 heavy (non-hydrogen) atoms. The van der Waals surface area contributed by atoms with Gasteiger partial charge >= 0.3 is 0 Å².